The lowest BCUT2D eigenvalue weighted by atomic mass is 10.00. The Kier molecular flexibility index (Phi) is 5.72. The summed E-state index contributed by atoms with van der Waals surface area (Å²) in [4.78, 5) is 13.2. The third-order valence-electron chi connectivity index (χ3n) is 3.58. The highest BCUT2D eigenvalue weighted by atomic mass is 32.2. The fraction of sp³-hybridized carbons (Fsp3) is 0.471. The number of hydrogen-bond acceptors (Lipinski definition) is 2. The standard InChI is InChI=1S/C17H23NOS/c1-13-8-10-16(11-9-13)20-14(2)17(19)18-12-15-6-4-3-5-7-15/h6,8-11,14H,3-5,7,12H2,1-2H3,(H,18,19). The van der Waals surface area contributed by atoms with Gasteiger partial charge < -0.3 is 5.32 Å². The summed E-state index contributed by atoms with van der Waals surface area (Å²) in [5.41, 5.74) is 2.63. The predicted molar refractivity (Wildman–Crippen MR) is 86.1 cm³/mol. The molecule has 0 radical (unpaired) electrons. The van der Waals surface area contributed by atoms with Crippen molar-refractivity contribution < 1.29 is 4.79 Å². The fourth-order valence-corrected chi connectivity index (χ4v) is 3.18. The normalized spacial score (nSPS) is 16.4. The van der Waals surface area contributed by atoms with Crippen molar-refractivity contribution in [2.24, 2.45) is 0 Å². The van der Waals surface area contributed by atoms with Gasteiger partial charge in [-0.25, -0.2) is 0 Å². The van der Waals surface area contributed by atoms with Crippen LogP contribution in [0.4, 0.5) is 0 Å². The highest BCUT2D eigenvalue weighted by Crippen LogP contribution is 2.23. The first-order valence-electron chi connectivity index (χ1n) is 7.34. The lowest BCUT2D eigenvalue weighted by molar-refractivity contribution is -0.120. The number of rotatable bonds is 5. The van der Waals surface area contributed by atoms with Gasteiger partial charge in [0, 0.05) is 11.4 Å². The Bertz CT molecular complexity index is 478. The Morgan fingerprint density at radius 2 is 2.05 bits per heavy atom. The summed E-state index contributed by atoms with van der Waals surface area (Å²) in [5.74, 6) is 0.127. The Hall–Kier alpha value is -1.22. The van der Waals surface area contributed by atoms with Crippen molar-refractivity contribution >= 4 is 17.7 Å². The van der Waals surface area contributed by atoms with E-state index in [9.17, 15) is 4.79 Å². The van der Waals surface area contributed by atoms with E-state index in [1.54, 1.807) is 11.8 Å². The summed E-state index contributed by atoms with van der Waals surface area (Å²) < 4.78 is 0. The first kappa shape index (κ1) is 15.2. The largest absolute Gasteiger partial charge is 0.351 e. The van der Waals surface area contributed by atoms with Gasteiger partial charge in [0.2, 0.25) is 5.91 Å². The van der Waals surface area contributed by atoms with Crippen molar-refractivity contribution in [3.05, 3.63) is 41.5 Å². The first-order chi connectivity index (χ1) is 9.65. The molecule has 1 atom stereocenters. The molecule has 108 valence electrons. The highest BCUT2D eigenvalue weighted by Gasteiger charge is 2.14. The number of aryl methyl sites for hydroxylation is 1. The summed E-state index contributed by atoms with van der Waals surface area (Å²) in [6, 6.07) is 8.32. The van der Waals surface area contributed by atoms with Crippen LogP contribution in [0.3, 0.4) is 0 Å². The molecule has 0 aromatic heterocycles. The van der Waals surface area contributed by atoms with Crippen LogP contribution < -0.4 is 5.32 Å². The number of carbonyl (C=O) groups is 1. The van der Waals surface area contributed by atoms with E-state index >= 15 is 0 Å². The van der Waals surface area contributed by atoms with Crippen LogP contribution in [0.25, 0.3) is 0 Å². The minimum Gasteiger partial charge on any atom is -0.351 e. The van der Waals surface area contributed by atoms with Crippen molar-refractivity contribution in [1.29, 1.82) is 0 Å². The van der Waals surface area contributed by atoms with Gasteiger partial charge in [0.25, 0.3) is 0 Å². The van der Waals surface area contributed by atoms with Crippen LogP contribution in [-0.2, 0) is 4.79 Å². The zero-order chi connectivity index (χ0) is 14.4. The maximum absolute atomic E-state index is 12.1. The smallest absolute Gasteiger partial charge is 0.233 e. The number of amides is 1. The first-order valence-corrected chi connectivity index (χ1v) is 8.22. The Morgan fingerprint density at radius 1 is 1.30 bits per heavy atom. The zero-order valence-corrected chi connectivity index (χ0v) is 13.1. The number of thioether (sulfide) groups is 1. The van der Waals surface area contributed by atoms with Crippen molar-refractivity contribution in [2.75, 3.05) is 6.54 Å². The summed E-state index contributed by atoms with van der Waals surface area (Å²) in [6.45, 7) is 4.76. The summed E-state index contributed by atoms with van der Waals surface area (Å²) in [6.07, 6.45) is 7.13. The van der Waals surface area contributed by atoms with Gasteiger partial charge >= 0.3 is 0 Å². The van der Waals surface area contributed by atoms with Crippen LogP contribution in [0.5, 0.6) is 0 Å². The van der Waals surface area contributed by atoms with Gasteiger partial charge in [0.05, 0.1) is 5.25 Å². The molecular formula is C17H23NOS. The van der Waals surface area contributed by atoms with E-state index < -0.39 is 0 Å². The van der Waals surface area contributed by atoms with Gasteiger partial charge in [-0.1, -0.05) is 29.3 Å². The molecule has 1 aromatic rings. The molecule has 1 aromatic carbocycles. The van der Waals surface area contributed by atoms with Crippen molar-refractivity contribution in [1.82, 2.24) is 5.32 Å². The van der Waals surface area contributed by atoms with Gasteiger partial charge in [0.1, 0.15) is 0 Å². The molecule has 1 N–H and O–H groups in total. The fourth-order valence-electron chi connectivity index (χ4n) is 2.28. The molecule has 2 rings (SSSR count). The van der Waals surface area contributed by atoms with E-state index in [1.165, 1.54) is 30.4 Å². The van der Waals surface area contributed by atoms with Crippen molar-refractivity contribution in [2.45, 2.75) is 49.7 Å². The molecule has 0 bridgehead atoms. The topological polar surface area (TPSA) is 29.1 Å². The lowest BCUT2D eigenvalue weighted by Crippen LogP contribution is -2.32. The van der Waals surface area contributed by atoms with Crippen LogP contribution in [0.2, 0.25) is 0 Å². The average molecular weight is 289 g/mol. The lowest BCUT2D eigenvalue weighted by Gasteiger charge is -2.16. The molecule has 1 aliphatic rings. The highest BCUT2D eigenvalue weighted by molar-refractivity contribution is 8.00. The molecule has 0 spiro atoms. The maximum atomic E-state index is 12.1. The number of hydrogen-bond donors (Lipinski definition) is 1. The molecule has 20 heavy (non-hydrogen) atoms. The average Bonchev–Trinajstić information content (AvgIpc) is 2.48. The summed E-state index contributed by atoms with van der Waals surface area (Å²) >= 11 is 1.62. The van der Waals surface area contributed by atoms with Crippen LogP contribution in [-0.4, -0.2) is 17.7 Å². The third-order valence-corrected chi connectivity index (χ3v) is 4.69. The number of benzene rings is 1. The minimum absolute atomic E-state index is 0.0538. The SMILES string of the molecule is Cc1ccc(SC(C)C(=O)NCC2=CCCCC2)cc1. The maximum Gasteiger partial charge on any atom is 0.233 e. The quantitative estimate of drug-likeness (QED) is 0.653. The second kappa shape index (κ2) is 7.53. The second-order valence-corrected chi connectivity index (χ2v) is 6.81. The Morgan fingerprint density at radius 3 is 2.70 bits per heavy atom. The van der Waals surface area contributed by atoms with Crippen LogP contribution in [0.1, 0.15) is 38.2 Å². The Balaban J connectivity index is 1.79. The van der Waals surface area contributed by atoms with Gasteiger partial charge in [0.15, 0.2) is 0 Å². The Labute approximate surface area is 126 Å². The molecule has 0 saturated heterocycles. The van der Waals surface area contributed by atoms with Gasteiger partial charge in [-0.3, -0.25) is 4.79 Å². The molecule has 0 heterocycles. The zero-order valence-electron chi connectivity index (χ0n) is 12.3. The minimum atomic E-state index is -0.0538. The van der Waals surface area contributed by atoms with Crippen LogP contribution in [0, 0.1) is 6.92 Å². The molecule has 2 nitrogen and oxygen atoms in total. The van der Waals surface area contributed by atoms with E-state index in [0.717, 1.165) is 17.9 Å². The predicted octanol–water partition coefficient (Wildman–Crippen LogP) is 4.09. The number of carbonyl (C=O) groups excluding carboxylic acids is 1. The number of allylic oxidation sites excluding steroid dienone is 1. The number of nitrogens with one attached hydrogen (secondary N) is 1. The van der Waals surface area contributed by atoms with E-state index in [4.69, 9.17) is 0 Å². The third kappa shape index (κ3) is 4.71. The van der Waals surface area contributed by atoms with Crippen molar-refractivity contribution in [3.8, 4) is 0 Å². The van der Waals surface area contributed by atoms with E-state index in [-0.39, 0.29) is 11.2 Å². The van der Waals surface area contributed by atoms with E-state index in [1.807, 2.05) is 6.92 Å². The van der Waals surface area contributed by atoms with E-state index in [0.29, 0.717) is 0 Å². The van der Waals surface area contributed by atoms with Crippen LogP contribution in [0.15, 0.2) is 40.8 Å². The summed E-state index contributed by atoms with van der Waals surface area (Å²) in [7, 11) is 0. The molecular weight excluding hydrogens is 266 g/mol. The molecule has 3 heteroatoms. The monoisotopic (exact) mass is 289 g/mol. The van der Waals surface area contributed by atoms with E-state index in [2.05, 4.69) is 42.6 Å². The van der Waals surface area contributed by atoms with Crippen molar-refractivity contribution in [3.63, 3.8) is 0 Å². The molecule has 0 saturated carbocycles. The molecule has 1 amide bonds. The summed E-state index contributed by atoms with van der Waals surface area (Å²) in [5, 5.41) is 3.00. The second-order valence-electron chi connectivity index (χ2n) is 5.40. The van der Waals surface area contributed by atoms with Gasteiger partial charge in [-0.05, 0) is 51.7 Å². The molecule has 0 fully saturated rings. The molecule has 1 unspecified atom stereocenters. The van der Waals surface area contributed by atoms with Gasteiger partial charge in [-0.2, -0.15) is 0 Å². The van der Waals surface area contributed by atoms with Gasteiger partial charge in [-0.15, -0.1) is 11.8 Å². The molecule has 1 aliphatic carbocycles. The van der Waals surface area contributed by atoms with Crippen LogP contribution >= 0.6 is 11.8 Å². The molecule has 0 aliphatic heterocycles.